The van der Waals surface area contributed by atoms with Crippen LogP contribution in [0.25, 0.3) is 0 Å². The molecule has 0 spiro atoms. The average molecular weight is 352 g/mol. The maximum Gasteiger partial charge on any atom is 0.422 e. The molecule has 2 rings (SSSR count). The van der Waals surface area contributed by atoms with E-state index >= 15 is 0 Å². The predicted molar refractivity (Wildman–Crippen MR) is 79.2 cm³/mol. The van der Waals surface area contributed by atoms with Gasteiger partial charge in [0.1, 0.15) is 5.75 Å². The lowest BCUT2D eigenvalue weighted by Crippen LogP contribution is -2.19. The third-order valence-corrected chi connectivity index (χ3v) is 5.33. The maximum atomic E-state index is 12.1. The molecule has 0 unspecified atom stereocenters. The summed E-state index contributed by atoms with van der Waals surface area (Å²) < 4.78 is 42.8. The SMILES string of the molecule is CSc1nnc(SCc2cccc(OCC(F)(F)F)c2)s1. The smallest absolute Gasteiger partial charge is 0.422 e. The Hall–Kier alpha value is -0.930. The maximum absolute atomic E-state index is 12.1. The van der Waals surface area contributed by atoms with Crippen molar-refractivity contribution in [3.05, 3.63) is 29.8 Å². The molecule has 1 aromatic carbocycles. The number of hydrogen-bond donors (Lipinski definition) is 0. The van der Waals surface area contributed by atoms with E-state index in [0.717, 1.165) is 14.2 Å². The second-order valence-electron chi connectivity index (χ2n) is 3.88. The van der Waals surface area contributed by atoms with E-state index in [1.165, 1.54) is 40.9 Å². The zero-order chi connectivity index (χ0) is 15.3. The lowest BCUT2D eigenvalue weighted by molar-refractivity contribution is -0.153. The van der Waals surface area contributed by atoms with E-state index in [-0.39, 0.29) is 5.75 Å². The lowest BCUT2D eigenvalue weighted by Gasteiger charge is -2.09. The molecule has 1 heterocycles. The van der Waals surface area contributed by atoms with Crippen molar-refractivity contribution in [1.82, 2.24) is 10.2 Å². The van der Waals surface area contributed by atoms with Crippen LogP contribution in [0.3, 0.4) is 0 Å². The molecule has 0 bridgehead atoms. The van der Waals surface area contributed by atoms with Crippen LogP contribution < -0.4 is 4.74 Å². The van der Waals surface area contributed by atoms with Crippen LogP contribution in [0.4, 0.5) is 13.2 Å². The van der Waals surface area contributed by atoms with Crippen LogP contribution in [0.15, 0.2) is 32.9 Å². The van der Waals surface area contributed by atoms with Gasteiger partial charge in [0.05, 0.1) is 0 Å². The second-order valence-corrected chi connectivity index (χ2v) is 7.13. The molecule has 1 aromatic heterocycles. The molecule has 21 heavy (non-hydrogen) atoms. The monoisotopic (exact) mass is 352 g/mol. The van der Waals surface area contributed by atoms with Crippen LogP contribution >= 0.6 is 34.9 Å². The number of halogens is 3. The van der Waals surface area contributed by atoms with Crippen LogP contribution in [0.2, 0.25) is 0 Å². The lowest BCUT2D eigenvalue weighted by atomic mass is 10.2. The van der Waals surface area contributed by atoms with Crippen LogP contribution in [-0.4, -0.2) is 29.2 Å². The van der Waals surface area contributed by atoms with Crippen molar-refractivity contribution in [3.63, 3.8) is 0 Å². The summed E-state index contributed by atoms with van der Waals surface area (Å²) in [6.07, 6.45) is -2.40. The highest BCUT2D eigenvalue weighted by molar-refractivity contribution is 8.02. The minimum Gasteiger partial charge on any atom is -0.484 e. The van der Waals surface area contributed by atoms with Gasteiger partial charge in [-0.15, -0.1) is 10.2 Å². The molecule has 0 aliphatic carbocycles. The molecule has 3 nitrogen and oxygen atoms in total. The van der Waals surface area contributed by atoms with Crippen molar-refractivity contribution in [2.45, 2.75) is 20.6 Å². The van der Waals surface area contributed by atoms with Gasteiger partial charge in [0, 0.05) is 5.75 Å². The van der Waals surface area contributed by atoms with Gasteiger partial charge in [-0.1, -0.05) is 47.0 Å². The number of rotatable bonds is 6. The summed E-state index contributed by atoms with van der Waals surface area (Å²) >= 11 is 4.52. The van der Waals surface area contributed by atoms with Gasteiger partial charge in [-0.05, 0) is 24.0 Å². The van der Waals surface area contributed by atoms with Gasteiger partial charge in [-0.3, -0.25) is 0 Å². The first-order valence-electron chi connectivity index (χ1n) is 5.75. The zero-order valence-electron chi connectivity index (χ0n) is 10.9. The molecule has 0 radical (unpaired) electrons. The van der Waals surface area contributed by atoms with E-state index in [4.69, 9.17) is 4.74 Å². The van der Waals surface area contributed by atoms with Crippen molar-refractivity contribution >= 4 is 34.9 Å². The molecular formula is C12H11F3N2OS3. The Balaban J connectivity index is 1.91. The molecule has 0 amide bonds. The largest absolute Gasteiger partial charge is 0.484 e. The summed E-state index contributed by atoms with van der Waals surface area (Å²) in [5.74, 6) is 0.819. The fourth-order valence-electron chi connectivity index (χ4n) is 1.37. The topological polar surface area (TPSA) is 35.0 Å². The summed E-state index contributed by atoms with van der Waals surface area (Å²) in [6.45, 7) is -1.28. The van der Waals surface area contributed by atoms with E-state index in [1.54, 1.807) is 12.1 Å². The molecule has 0 saturated heterocycles. The fourth-order valence-corrected chi connectivity index (χ4v) is 3.75. The Kier molecular flexibility index (Phi) is 5.77. The molecule has 2 aromatic rings. The first-order valence-corrected chi connectivity index (χ1v) is 8.78. The molecule has 0 aliphatic heterocycles. The normalized spacial score (nSPS) is 11.6. The number of thioether (sulfide) groups is 2. The molecule has 114 valence electrons. The third kappa shape index (κ3) is 5.76. The van der Waals surface area contributed by atoms with Crippen molar-refractivity contribution in [3.8, 4) is 5.75 Å². The molecule has 0 N–H and O–H groups in total. The van der Waals surface area contributed by atoms with Crippen LogP contribution in [0.5, 0.6) is 5.75 Å². The number of nitrogens with zero attached hydrogens (tertiary/aromatic N) is 2. The minimum absolute atomic E-state index is 0.215. The van der Waals surface area contributed by atoms with Crippen molar-refractivity contribution in [1.29, 1.82) is 0 Å². The number of hydrogen-bond acceptors (Lipinski definition) is 6. The molecule has 0 aliphatic rings. The molecular weight excluding hydrogens is 341 g/mol. The minimum atomic E-state index is -4.33. The van der Waals surface area contributed by atoms with Crippen molar-refractivity contribution in [2.75, 3.05) is 12.9 Å². The van der Waals surface area contributed by atoms with Crippen molar-refractivity contribution in [2.24, 2.45) is 0 Å². The Labute approximate surface area is 132 Å². The highest BCUT2D eigenvalue weighted by Crippen LogP contribution is 2.30. The summed E-state index contributed by atoms with van der Waals surface area (Å²) in [5.41, 5.74) is 0.876. The van der Waals surface area contributed by atoms with Gasteiger partial charge < -0.3 is 4.74 Å². The summed E-state index contributed by atoms with van der Waals surface area (Å²) in [5, 5.41) is 8.01. The first kappa shape index (κ1) is 16.4. The summed E-state index contributed by atoms with van der Waals surface area (Å²) in [4.78, 5) is 0. The Morgan fingerprint density at radius 1 is 1.24 bits per heavy atom. The van der Waals surface area contributed by atoms with Gasteiger partial charge in [0.2, 0.25) is 0 Å². The molecule has 0 fully saturated rings. The van der Waals surface area contributed by atoms with E-state index < -0.39 is 12.8 Å². The van der Waals surface area contributed by atoms with E-state index in [9.17, 15) is 13.2 Å². The molecule has 0 atom stereocenters. The fraction of sp³-hybridized carbons (Fsp3) is 0.333. The van der Waals surface area contributed by atoms with E-state index in [1.807, 2.05) is 12.3 Å². The molecule has 0 saturated carbocycles. The quantitative estimate of drug-likeness (QED) is 0.716. The number of benzene rings is 1. The average Bonchev–Trinajstić information content (AvgIpc) is 2.91. The van der Waals surface area contributed by atoms with Gasteiger partial charge in [-0.25, -0.2) is 0 Å². The van der Waals surface area contributed by atoms with Crippen molar-refractivity contribution < 1.29 is 17.9 Å². The summed E-state index contributed by atoms with van der Waals surface area (Å²) in [6, 6.07) is 6.63. The summed E-state index contributed by atoms with van der Waals surface area (Å²) in [7, 11) is 0. The van der Waals surface area contributed by atoms with E-state index in [2.05, 4.69) is 10.2 Å². The Morgan fingerprint density at radius 3 is 2.67 bits per heavy atom. The second kappa shape index (κ2) is 7.37. The zero-order valence-corrected chi connectivity index (χ0v) is 13.3. The van der Waals surface area contributed by atoms with E-state index in [0.29, 0.717) is 5.75 Å². The first-order chi connectivity index (χ1) is 9.96. The van der Waals surface area contributed by atoms with Crippen LogP contribution in [0.1, 0.15) is 5.56 Å². The van der Waals surface area contributed by atoms with Crippen LogP contribution in [-0.2, 0) is 5.75 Å². The number of ether oxygens (including phenoxy) is 1. The highest BCUT2D eigenvalue weighted by atomic mass is 32.2. The van der Waals surface area contributed by atoms with Gasteiger partial charge >= 0.3 is 6.18 Å². The molecule has 9 heteroatoms. The van der Waals surface area contributed by atoms with Gasteiger partial charge in [0.15, 0.2) is 15.3 Å². The third-order valence-electron chi connectivity index (χ3n) is 2.23. The number of alkyl halides is 3. The van der Waals surface area contributed by atoms with Crippen LogP contribution in [0, 0.1) is 0 Å². The van der Waals surface area contributed by atoms with Gasteiger partial charge in [0.25, 0.3) is 0 Å². The standard InChI is InChI=1S/C12H11F3N2OS3/c1-19-10-16-17-11(21-10)20-6-8-3-2-4-9(5-8)18-7-12(13,14)15/h2-5H,6-7H2,1H3. The predicted octanol–water partition coefficient (Wildman–Crippen LogP) is 4.49. The highest BCUT2D eigenvalue weighted by Gasteiger charge is 2.28. The Bertz CT molecular complexity index is 589. The van der Waals surface area contributed by atoms with Gasteiger partial charge in [-0.2, -0.15) is 13.2 Å². The number of aromatic nitrogens is 2. The Morgan fingerprint density at radius 2 is 2.00 bits per heavy atom.